The van der Waals surface area contributed by atoms with Crippen LogP contribution < -0.4 is 10.2 Å². The molecule has 0 spiro atoms. The molecule has 2 atom stereocenters. The summed E-state index contributed by atoms with van der Waals surface area (Å²) in [5.74, 6) is -1.82. The van der Waals surface area contributed by atoms with Crippen LogP contribution in [0.2, 0.25) is 0 Å². The molecule has 1 aliphatic heterocycles. The van der Waals surface area contributed by atoms with E-state index >= 15 is 0 Å². The van der Waals surface area contributed by atoms with Crippen molar-refractivity contribution in [3.8, 4) is 6.07 Å². The quantitative estimate of drug-likeness (QED) is 0.790. The van der Waals surface area contributed by atoms with Gasteiger partial charge in [-0.25, -0.2) is 0 Å². The molecule has 0 saturated carbocycles. The minimum Gasteiger partial charge on any atom is -0.452 e. The van der Waals surface area contributed by atoms with Gasteiger partial charge in [-0.3, -0.25) is 14.4 Å². The van der Waals surface area contributed by atoms with Crippen molar-refractivity contribution < 1.29 is 19.1 Å². The zero-order valence-corrected chi connectivity index (χ0v) is 16.2. The van der Waals surface area contributed by atoms with Gasteiger partial charge in [0, 0.05) is 24.3 Å². The Labute approximate surface area is 168 Å². The standard InChI is InChI=1S/C22H21N3O4/c1-14-3-9-19(10-4-14)25-13-17(11-20(25)26)22(28)29-15(2)21(27)24-18-7-5-16(12-23)6-8-18/h3-10,15,17H,11,13H2,1-2H3,(H,24,27)/t15-,17-/m1/s1. The zero-order chi connectivity index (χ0) is 21.0. The smallest absolute Gasteiger partial charge is 0.312 e. The maximum Gasteiger partial charge on any atom is 0.312 e. The molecule has 0 unspecified atom stereocenters. The first kappa shape index (κ1) is 20.1. The third kappa shape index (κ3) is 4.79. The Morgan fingerprint density at radius 2 is 1.83 bits per heavy atom. The van der Waals surface area contributed by atoms with E-state index in [0.717, 1.165) is 11.3 Å². The van der Waals surface area contributed by atoms with Crippen molar-refractivity contribution in [1.82, 2.24) is 0 Å². The molecule has 2 aromatic carbocycles. The van der Waals surface area contributed by atoms with Crippen LogP contribution in [-0.4, -0.2) is 30.4 Å². The first-order chi connectivity index (χ1) is 13.9. The van der Waals surface area contributed by atoms with Gasteiger partial charge in [0.05, 0.1) is 17.6 Å². The van der Waals surface area contributed by atoms with Crippen molar-refractivity contribution in [3.63, 3.8) is 0 Å². The summed E-state index contributed by atoms with van der Waals surface area (Å²) in [6.45, 7) is 3.66. The van der Waals surface area contributed by atoms with E-state index in [-0.39, 0.29) is 18.9 Å². The molecule has 29 heavy (non-hydrogen) atoms. The van der Waals surface area contributed by atoms with Crippen molar-refractivity contribution in [2.75, 3.05) is 16.8 Å². The second-order valence-corrected chi connectivity index (χ2v) is 7.00. The predicted molar refractivity (Wildman–Crippen MR) is 107 cm³/mol. The van der Waals surface area contributed by atoms with Gasteiger partial charge in [-0.1, -0.05) is 17.7 Å². The lowest BCUT2D eigenvalue weighted by Gasteiger charge is -2.18. The van der Waals surface area contributed by atoms with Gasteiger partial charge in [0.15, 0.2) is 6.10 Å². The SMILES string of the molecule is Cc1ccc(N2C[C@H](C(=O)O[C@H](C)C(=O)Nc3ccc(C#N)cc3)CC2=O)cc1. The van der Waals surface area contributed by atoms with Crippen LogP contribution in [0.5, 0.6) is 0 Å². The summed E-state index contributed by atoms with van der Waals surface area (Å²) < 4.78 is 5.28. The van der Waals surface area contributed by atoms with E-state index in [2.05, 4.69) is 5.32 Å². The molecule has 148 valence electrons. The van der Waals surface area contributed by atoms with E-state index in [4.69, 9.17) is 10.00 Å². The lowest BCUT2D eigenvalue weighted by molar-refractivity contribution is -0.157. The highest BCUT2D eigenvalue weighted by atomic mass is 16.5. The highest BCUT2D eigenvalue weighted by Gasteiger charge is 2.37. The largest absolute Gasteiger partial charge is 0.452 e. The summed E-state index contributed by atoms with van der Waals surface area (Å²) in [6.07, 6.45) is -0.960. The third-order valence-electron chi connectivity index (χ3n) is 4.75. The molecule has 1 heterocycles. The molecule has 2 aromatic rings. The second-order valence-electron chi connectivity index (χ2n) is 7.00. The van der Waals surface area contributed by atoms with Crippen LogP contribution in [0, 0.1) is 24.2 Å². The highest BCUT2D eigenvalue weighted by Crippen LogP contribution is 2.26. The number of ether oxygens (including phenoxy) is 1. The number of rotatable bonds is 5. The van der Waals surface area contributed by atoms with E-state index in [1.54, 1.807) is 29.2 Å². The number of carbonyl (C=O) groups is 3. The molecule has 0 radical (unpaired) electrons. The average Bonchev–Trinajstić information content (AvgIpc) is 3.11. The molecule has 1 aliphatic rings. The van der Waals surface area contributed by atoms with Gasteiger partial charge in [0.25, 0.3) is 5.91 Å². The fraction of sp³-hybridized carbons (Fsp3) is 0.273. The summed E-state index contributed by atoms with van der Waals surface area (Å²) in [6, 6.07) is 15.8. The number of carbonyl (C=O) groups excluding carboxylic acids is 3. The number of nitriles is 1. The topological polar surface area (TPSA) is 99.5 Å². The maximum absolute atomic E-state index is 12.5. The van der Waals surface area contributed by atoms with Gasteiger partial charge in [-0.15, -0.1) is 0 Å². The summed E-state index contributed by atoms with van der Waals surface area (Å²) in [7, 11) is 0. The van der Waals surface area contributed by atoms with Gasteiger partial charge >= 0.3 is 5.97 Å². The van der Waals surface area contributed by atoms with Gasteiger partial charge in [0.1, 0.15) is 0 Å². The van der Waals surface area contributed by atoms with Crippen LogP contribution >= 0.6 is 0 Å². The Morgan fingerprint density at radius 3 is 2.45 bits per heavy atom. The minimum atomic E-state index is -1.01. The van der Waals surface area contributed by atoms with E-state index in [1.165, 1.54) is 6.92 Å². The Morgan fingerprint density at radius 1 is 1.17 bits per heavy atom. The Balaban J connectivity index is 1.56. The minimum absolute atomic E-state index is 0.0523. The van der Waals surface area contributed by atoms with E-state index in [1.807, 2.05) is 37.3 Å². The van der Waals surface area contributed by atoms with Crippen molar-refractivity contribution >= 4 is 29.2 Å². The molecule has 1 saturated heterocycles. The summed E-state index contributed by atoms with van der Waals surface area (Å²) in [4.78, 5) is 38.6. The number of nitrogens with one attached hydrogen (secondary N) is 1. The number of nitrogens with zero attached hydrogens (tertiary/aromatic N) is 2. The fourth-order valence-corrected chi connectivity index (χ4v) is 3.04. The van der Waals surface area contributed by atoms with Crippen LogP contribution in [0.3, 0.4) is 0 Å². The number of benzene rings is 2. The molecular formula is C22H21N3O4. The summed E-state index contributed by atoms with van der Waals surface area (Å²) >= 11 is 0. The van der Waals surface area contributed by atoms with Crippen molar-refractivity contribution in [2.24, 2.45) is 5.92 Å². The Bertz CT molecular complexity index is 961. The van der Waals surface area contributed by atoms with Crippen molar-refractivity contribution in [2.45, 2.75) is 26.4 Å². The molecule has 1 fully saturated rings. The summed E-state index contributed by atoms with van der Waals surface area (Å²) in [5.41, 5.74) is 2.80. The van der Waals surface area contributed by atoms with Crippen LogP contribution in [-0.2, 0) is 19.1 Å². The van der Waals surface area contributed by atoms with Crippen LogP contribution in [0.15, 0.2) is 48.5 Å². The highest BCUT2D eigenvalue weighted by molar-refractivity contribution is 6.00. The molecule has 0 bridgehead atoms. The summed E-state index contributed by atoms with van der Waals surface area (Å²) in [5, 5.41) is 11.4. The van der Waals surface area contributed by atoms with E-state index in [0.29, 0.717) is 11.3 Å². The number of esters is 1. The number of hydrogen-bond acceptors (Lipinski definition) is 5. The molecule has 1 N–H and O–H groups in total. The Kier molecular flexibility index (Phi) is 5.93. The predicted octanol–water partition coefficient (Wildman–Crippen LogP) is 2.79. The molecule has 0 aromatic heterocycles. The van der Waals surface area contributed by atoms with Gasteiger partial charge in [0.2, 0.25) is 5.91 Å². The van der Waals surface area contributed by atoms with Gasteiger partial charge in [-0.05, 0) is 50.2 Å². The van der Waals surface area contributed by atoms with Crippen LogP contribution in [0.4, 0.5) is 11.4 Å². The zero-order valence-electron chi connectivity index (χ0n) is 16.2. The molecule has 3 rings (SSSR count). The first-order valence-corrected chi connectivity index (χ1v) is 9.26. The second kappa shape index (κ2) is 8.57. The van der Waals surface area contributed by atoms with Gasteiger partial charge < -0.3 is 15.0 Å². The lowest BCUT2D eigenvalue weighted by Crippen LogP contribution is -2.33. The van der Waals surface area contributed by atoms with Crippen LogP contribution in [0.25, 0.3) is 0 Å². The van der Waals surface area contributed by atoms with E-state index in [9.17, 15) is 14.4 Å². The molecule has 0 aliphatic carbocycles. The number of amides is 2. The molecule has 7 heteroatoms. The third-order valence-corrected chi connectivity index (χ3v) is 4.75. The Hall–Kier alpha value is -3.66. The van der Waals surface area contributed by atoms with E-state index < -0.39 is 23.9 Å². The monoisotopic (exact) mass is 391 g/mol. The molecule has 7 nitrogen and oxygen atoms in total. The van der Waals surface area contributed by atoms with Crippen molar-refractivity contribution in [3.05, 3.63) is 59.7 Å². The first-order valence-electron chi connectivity index (χ1n) is 9.26. The number of aryl methyl sites for hydroxylation is 1. The van der Waals surface area contributed by atoms with Gasteiger partial charge in [-0.2, -0.15) is 5.26 Å². The molecule has 2 amide bonds. The average molecular weight is 391 g/mol. The molecular weight excluding hydrogens is 370 g/mol. The lowest BCUT2D eigenvalue weighted by atomic mass is 10.1. The number of hydrogen-bond donors (Lipinski definition) is 1. The number of anilines is 2. The maximum atomic E-state index is 12.5. The fourth-order valence-electron chi connectivity index (χ4n) is 3.04. The van der Waals surface area contributed by atoms with Crippen LogP contribution in [0.1, 0.15) is 24.5 Å². The normalized spacial score (nSPS) is 16.8. The van der Waals surface area contributed by atoms with Crippen molar-refractivity contribution in [1.29, 1.82) is 5.26 Å².